The highest BCUT2D eigenvalue weighted by Crippen LogP contribution is 2.45. The highest BCUT2D eigenvalue weighted by molar-refractivity contribution is 7.47. The minimum absolute atomic E-state index is 0.108. The molecule has 0 spiro atoms. The van der Waals surface area contributed by atoms with Crippen LogP contribution >= 0.6 is 15.6 Å². The van der Waals surface area contributed by atoms with E-state index in [1.807, 2.05) is 0 Å². The van der Waals surface area contributed by atoms with Gasteiger partial charge in [0.15, 0.2) is 12.2 Å². The molecule has 0 aromatic carbocycles. The summed E-state index contributed by atoms with van der Waals surface area (Å²) in [6.45, 7) is 9.80. The summed E-state index contributed by atoms with van der Waals surface area (Å²) in [4.78, 5) is 73.5. The minimum atomic E-state index is -4.97. The van der Waals surface area contributed by atoms with Gasteiger partial charge in [-0.05, 0) is 37.5 Å². The summed E-state index contributed by atoms with van der Waals surface area (Å²) in [5.41, 5.74) is 0. The summed E-state index contributed by atoms with van der Waals surface area (Å²) in [5.74, 6) is -0.427. The van der Waals surface area contributed by atoms with Crippen LogP contribution in [0.5, 0.6) is 0 Å². The van der Waals surface area contributed by atoms with Gasteiger partial charge in [0, 0.05) is 25.7 Å². The van der Waals surface area contributed by atoms with E-state index < -0.39 is 97.5 Å². The lowest BCUT2D eigenvalue weighted by molar-refractivity contribution is -0.161. The van der Waals surface area contributed by atoms with Crippen molar-refractivity contribution < 1.29 is 80.2 Å². The van der Waals surface area contributed by atoms with Gasteiger partial charge < -0.3 is 33.8 Å². The van der Waals surface area contributed by atoms with Crippen molar-refractivity contribution in [3.05, 3.63) is 0 Å². The molecule has 0 radical (unpaired) electrons. The van der Waals surface area contributed by atoms with Crippen LogP contribution in [0.4, 0.5) is 0 Å². The minimum Gasteiger partial charge on any atom is -0.462 e. The highest BCUT2D eigenvalue weighted by atomic mass is 31.2. The van der Waals surface area contributed by atoms with Crippen LogP contribution in [0.15, 0.2) is 0 Å². The number of carbonyl (C=O) groups excluding carboxylic acids is 4. The molecule has 19 heteroatoms. The molecule has 0 aromatic rings. The molecule has 0 heterocycles. The van der Waals surface area contributed by atoms with Crippen molar-refractivity contribution in [2.24, 2.45) is 11.8 Å². The van der Waals surface area contributed by atoms with E-state index in [0.717, 1.165) is 102 Å². The molecule has 0 aliphatic carbocycles. The second kappa shape index (κ2) is 83.1. The normalized spacial score (nSPS) is 14.0. The van der Waals surface area contributed by atoms with Gasteiger partial charge in [-0.25, -0.2) is 9.13 Å². The first kappa shape index (κ1) is 109. The van der Waals surface area contributed by atoms with E-state index in [0.29, 0.717) is 25.7 Å². The Morgan fingerprint density at radius 3 is 0.685 bits per heavy atom. The molecule has 111 heavy (non-hydrogen) atoms. The Hall–Kier alpha value is -1.94. The van der Waals surface area contributed by atoms with Gasteiger partial charge in [0.2, 0.25) is 0 Å². The largest absolute Gasteiger partial charge is 0.472 e. The molecular formula is C92H180O17P2. The number of hydrogen-bond acceptors (Lipinski definition) is 15. The monoisotopic (exact) mass is 1620 g/mol. The maximum absolute atomic E-state index is 13.2. The topological polar surface area (TPSA) is 237 Å². The molecule has 0 saturated heterocycles. The Kier molecular flexibility index (Phi) is 81.7. The number of phosphoric ester groups is 2. The zero-order valence-corrected chi connectivity index (χ0v) is 75.1. The number of carbonyl (C=O) groups is 4. The molecular weight excluding hydrogens is 1440 g/mol. The van der Waals surface area contributed by atoms with Gasteiger partial charge in [-0.15, -0.1) is 0 Å². The molecule has 0 aliphatic rings. The van der Waals surface area contributed by atoms with E-state index in [-0.39, 0.29) is 25.7 Å². The summed E-state index contributed by atoms with van der Waals surface area (Å²) in [5, 5.41) is 10.7. The molecule has 0 aliphatic heterocycles. The highest BCUT2D eigenvalue weighted by Gasteiger charge is 2.31. The van der Waals surface area contributed by atoms with Crippen LogP contribution in [-0.2, 0) is 65.4 Å². The Morgan fingerprint density at radius 1 is 0.261 bits per heavy atom. The number of unbranched alkanes of at least 4 members (excludes halogenated alkanes) is 60. The smallest absolute Gasteiger partial charge is 0.462 e. The van der Waals surface area contributed by atoms with E-state index in [2.05, 4.69) is 41.5 Å². The van der Waals surface area contributed by atoms with Crippen LogP contribution in [0.1, 0.15) is 497 Å². The number of esters is 4. The molecule has 3 unspecified atom stereocenters. The number of aliphatic hydroxyl groups is 1. The summed E-state index contributed by atoms with van der Waals surface area (Å²) in [7, 11) is -9.94. The van der Waals surface area contributed by atoms with Crippen LogP contribution in [0.2, 0.25) is 0 Å². The lowest BCUT2D eigenvalue weighted by Crippen LogP contribution is -2.30. The number of aliphatic hydroxyl groups excluding tert-OH is 1. The van der Waals surface area contributed by atoms with Gasteiger partial charge in [0.1, 0.15) is 19.3 Å². The Bertz CT molecular complexity index is 2120. The summed E-state index contributed by atoms with van der Waals surface area (Å²) in [6, 6.07) is 0. The fourth-order valence-electron chi connectivity index (χ4n) is 14.4. The molecule has 0 amide bonds. The van der Waals surface area contributed by atoms with Crippen molar-refractivity contribution in [1.82, 2.24) is 0 Å². The van der Waals surface area contributed by atoms with E-state index in [4.69, 9.17) is 37.0 Å². The molecule has 17 nitrogen and oxygen atoms in total. The van der Waals surface area contributed by atoms with Gasteiger partial charge in [0.05, 0.1) is 26.4 Å². The Morgan fingerprint density at radius 2 is 0.459 bits per heavy atom. The van der Waals surface area contributed by atoms with Crippen LogP contribution in [0.3, 0.4) is 0 Å². The van der Waals surface area contributed by atoms with Crippen molar-refractivity contribution in [2.45, 2.75) is 516 Å². The fraction of sp³-hybridized carbons (Fsp3) is 0.957. The van der Waals surface area contributed by atoms with Crippen molar-refractivity contribution in [2.75, 3.05) is 39.6 Å². The van der Waals surface area contributed by atoms with E-state index >= 15 is 0 Å². The van der Waals surface area contributed by atoms with Crippen LogP contribution in [0.25, 0.3) is 0 Å². The maximum Gasteiger partial charge on any atom is 0.472 e. The molecule has 660 valence electrons. The maximum atomic E-state index is 13.2. The van der Waals surface area contributed by atoms with Crippen molar-refractivity contribution in [3.63, 3.8) is 0 Å². The Balaban J connectivity index is 5.24. The number of ether oxygens (including phenoxy) is 4. The third kappa shape index (κ3) is 84.3. The van der Waals surface area contributed by atoms with Gasteiger partial charge in [-0.2, -0.15) is 0 Å². The van der Waals surface area contributed by atoms with E-state index in [1.165, 1.54) is 315 Å². The lowest BCUT2D eigenvalue weighted by Gasteiger charge is -2.21. The molecule has 6 atom stereocenters. The number of rotatable bonds is 91. The van der Waals surface area contributed by atoms with Crippen molar-refractivity contribution in [1.29, 1.82) is 0 Å². The summed E-state index contributed by atoms with van der Waals surface area (Å²) in [6.07, 6.45) is 77.7. The average molecular weight is 1620 g/mol. The second-order valence-corrected chi connectivity index (χ2v) is 36.7. The lowest BCUT2D eigenvalue weighted by atomic mass is 9.99. The zero-order valence-electron chi connectivity index (χ0n) is 73.3. The van der Waals surface area contributed by atoms with Crippen LogP contribution in [-0.4, -0.2) is 96.7 Å². The van der Waals surface area contributed by atoms with Gasteiger partial charge >= 0.3 is 39.5 Å². The van der Waals surface area contributed by atoms with Crippen molar-refractivity contribution >= 4 is 39.5 Å². The average Bonchev–Trinajstić information content (AvgIpc) is 0.898. The summed E-state index contributed by atoms with van der Waals surface area (Å²) >= 11 is 0. The van der Waals surface area contributed by atoms with E-state index in [9.17, 15) is 43.2 Å². The predicted octanol–water partition coefficient (Wildman–Crippen LogP) is 28.6. The quantitative estimate of drug-likeness (QED) is 0.0222. The zero-order chi connectivity index (χ0) is 81.3. The molecule has 0 fully saturated rings. The number of phosphoric acid groups is 2. The first-order chi connectivity index (χ1) is 53.9. The van der Waals surface area contributed by atoms with Gasteiger partial charge in [0.25, 0.3) is 0 Å². The molecule has 3 N–H and O–H groups in total. The second-order valence-electron chi connectivity index (χ2n) is 33.8. The third-order valence-electron chi connectivity index (χ3n) is 22.1. The van der Waals surface area contributed by atoms with E-state index in [1.54, 1.807) is 0 Å². The third-order valence-corrected chi connectivity index (χ3v) is 24.0. The summed E-state index contributed by atoms with van der Waals surface area (Å²) < 4.78 is 69.1. The molecule has 0 aromatic heterocycles. The first-order valence-corrected chi connectivity index (χ1v) is 50.5. The van der Waals surface area contributed by atoms with Gasteiger partial charge in [-0.3, -0.25) is 37.3 Å². The predicted molar refractivity (Wildman–Crippen MR) is 460 cm³/mol. The molecule has 0 saturated carbocycles. The standard InChI is InChI=1S/C92H180O17P2/c1-7-10-12-14-16-18-20-22-23-24-25-26-30-33-39-45-51-57-63-69-75-90(95)103-81-88(109-91(96)76-70-64-58-52-46-40-34-31-28-27-29-32-38-43-49-55-61-67-73-85(6)9-3)83-107-111(100,101)105-79-86(93)78-104-110(98,99)106-82-87(80-102-89(94)74-68-62-56-50-44-21-19-17-15-13-11-8-2)108-92(97)77-71-65-59-53-47-41-36-35-37-42-48-54-60-66-72-84(4)5/h84-88,93H,7-83H2,1-6H3,(H,98,99)(H,100,101)/t85?,86-,87+,88+/m0/s1. The number of hydrogen-bond donors (Lipinski definition) is 3. The first-order valence-electron chi connectivity index (χ1n) is 47.5. The SMILES string of the molecule is CCCCCCCCCCCCCCCCCCCCCCC(=O)OC[C@H](COP(=O)(O)OC[C@@H](O)COP(=O)(O)OC[C@@H](COC(=O)CCCCCCCCCCCCCC)OC(=O)CCCCCCCCCCCCCCCCC(C)C)OC(=O)CCCCCCCCCCCCCCCCCCCCC(C)CC. The van der Waals surface area contributed by atoms with Crippen LogP contribution in [0, 0.1) is 11.8 Å². The van der Waals surface area contributed by atoms with Crippen LogP contribution < -0.4 is 0 Å². The van der Waals surface area contributed by atoms with Gasteiger partial charge in [-0.1, -0.05) is 446 Å². The Labute approximate surface area is 683 Å². The fourth-order valence-corrected chi connectivity index (χ4v) is 16.0. The van der Waals surface area contributed by atoms with Crippen molar-refractivity contribution in [3.8, 4) is 0 Å². The molecule has 0 rings (SSSR count). The molecule has 0 bridgehead atoms.